The van der Waals surface area contributed by atoms with Crippen LogP contribution in [0.2, 0.25) is 0 Å². The molecule has 2 heterocycles. The lowest BCUT2D eigenvalue weighted by Gasteiger charge is -2.15. The first-order valence-corrected chi connectivity index (χ1v) is 8.22. The minimum absolute atomic E-state index is 0.0307. The van der Waals surface area contributed by atoms with Gasteiger partial charge in [-0.2, -0.15) is 18.3 Å². The van der Waals surface area contributed by atoms with Gasteiger partial charge >= 0.3 is 6.18 Å². The standard InChI is InChI=1S/C18H17F3N4O2/c1-9(26)8-14-15-16(22-11(3)23-17(15)27)25(24-14)10(2)12-4-6-13(7-5-12)18(19,20)21/h4-7,10H,8H2,1-3H3,(H,22,23,27). The molecule has 0 aliphatic carbocycles. The monoisotopic (exact) mass is 378 g/mol. The molecule has 0 aliphatic heterocycles. The van der Waals surface area contributed by atoms with Gasteiger partial charge in [0, 0.05) is 0 Å². The van der Waals surface area contributed by atoms with Crippen molar-refractivity contribution in [3.05, 3.63) is 57.3 Å². The highest BCUT2D eigenvalue weighted by molar-refractivity contribution is 5.85. The molecule has 142 valence electrons. The number of fused-ring (bicyclic) bond motifs is 1. The number of halogens is 3. The zero-order chi connectivity index (χ0) is 19.9. The molecular formula is C18H17F3N4O2. The molecule has 1 atom stereocenters. The van der Waals surface area contributed by atoms with E-state index in [1.165, 1.54) is 23.7 Å². The number of benzene rings is 1. The Kier molecular flexibility index (Phi) is 4.63. The summed E-state index contributed by atoms with van der Waals surface area (Å²) in [5, 5.41) is 4.59. The van der Waals surface area contributed by atoms with Gasteiger partial charge in [-0.15, -0.1) is 0 Å². The van der Waals surface area contributed by atoms with Crippen LogP contribution in [0.3, 0.4) is 0 Å². The molecule has 27 heavy (non-hydrogen) atoms. The minimum atomic E-state index is -4.42. The Morgan fingerprint density at radius 2 is 1.89 bits per heavy atom. The second-order valence-corrected chi connectivity index (χ2v) is 6.42. The number of nitrogens with zero attached hydrogens (tertiary/aromatic N) is 3. The zero-order valence-corrected chi connectivity index (χ0v) is 14.9. The lowest BCUT2D eigenvalue weighted by Crippen LogP contribution is -2.13. The van der Waals surface area contributed by atoms with Crippen LogP contribution in [0.25, 0.3) is 11.0 Å². The maximum absolute atomic E-state index is 12.8. The molecule has 3 rings (SSSR count). The van der Waals surface area contributed by atoms with Gasteiger partial charge in [-0.25, -0.2) is 9.67 Å². The number of carbonyl (C=O) groups is 1. The van der Waals surface area contributed by atoms with E-state index in [0.29, 0.717) is 22.7 Å². The van der Waals surface area contributed by atoms with E-state index >= 15 is 0 Å². The van der Waals surface area contributed by atoms with Gasteiger partial charge in [0.1, 0.15) is 17.0 Å². The van der Waals surface area contributed by atoms with E-state index in [2.05, 4.69) is 15.1 Å². The average Bonchev–Trinajstić information content (AvgIpc) is 2.91. The van der Waals surface area contributed by atoms with Gasteiger partial charge in [-0.3, -0.25) is 9.59 Å². The number of Topliss-reactive ketones (excluding diaryl/α,β-unsaturated/α-hetero) is 1. The number of alkyl halides is 3. The fourth-order valence-corrected chi connectivity index (χ4v) is 2.95. The van der Waals surface area contributed by atoms with Crippen molar-refractivity contribution in [2.24, 2.45) is 0 Å². The first-order chi connectivity index (χ1) is 12.6. The predicted octanol–water partition coefficient (Wildman–Crippen LogP) is 3.19. The molecule has 0 aliphatic rings. The molecule has 1 unspecified atom stereocenters. The Morgan fingerprint density at radius 3 is 2.44 bits per heavy atom. The number of carbonyl (C=O) groups excluding carboxylic acids is 1. The van der Waals surface area contributed by atoms with Gasteiger partial charge in [0.15, 0.2) is 5.65 Å². The van der Waals surface area contributed by atoms with Gasteiger partial charge in [0.25, 0.3) is 5.56 Å². The van der Waals surface area contributed by atoms with E-state index in [4.69, 9.17) is 0 Å². The lowest BCUT2D eigenvalue weighted by atomic mass is 10.1. The van der Waals surface area contributed by atoms with Crippen LogP contribution in [-0.4, -0.2) is 25.5 Å². The molecule has 3 aromatic rings. The van der Waals surface area contributed by atoms with Crippen molar-refractivity contribution >= 4 is 16.8 Å². The van der Waals surface area contributed by atoms with Gasteiger partial charge in [-0.1, -0.05) is 12.1 Å². The fourth-order valence-electron chi connectivity index (χ4n) is 2.95. The first kappa shape index (κ1) is 18.8. The summed E-state index contributed by atoms with van der Waals surface area (Å²) >= 11 is 0. The van der Waals surface area contributed by atoms with Crippen LogP contribution >= 0.6 is 0 Å². The molecule has 6 nitrogen and oxygen atoms in total. The molecule has 0 radical (unpaired) electrons. The third-order valence-electron chi connectivity index (χ3n) is 4.26. The minimum Gasteiger partial charge on any atom is -0.310 e. The summed E-state index contributed by atoms with van der Waals surface area (Å²) in [6.07, 6.45) is -4.45. The summed E-state index contributed by atoms with van der Waals surface area (Å²) in [6, 6.07) is 4.25. The van der Waals surface area contributed by atoms with E-state index in [1.807, 2.05) is 0 Å². The van der Waals surface area contributed by atoms with Crippen molar-refractivity contribution in [2.75, 3.05) is 0 Å². The third-order valence-corrected chi connectivity index (χ3v) is 4.26. The van der Waals surface area contributed by atoms with Crippen molar-refractivity contribution in [3.63, 3.8) is 0 Å². The Bertz CT molecular complexity index is 1070. The highest BCUT2D eigenvalue weighted by Crippen LogP contribution is 2.31. The molecule has 9 heteroatoms. The molecular weight excluding hydrogens is 361 g/mol. The van der Waals surface area contributed by atoms with Gasteiger partial charge in [0.2, 0.25) is 0 Å². The highest BCUT2D eigenvalue weighted by Gasteiger charge is 2.30. The molecule has 0 fully saturated rings. The van der Waals surface area contributed by atoms with Gasteiger partial charge in [-0.05, 0) is 38.5 Å². The number of aromatic nitrogens is 4. The Hall–Kier alpha value is -2.97. The highest BCUT2D eigenvalue weighted by atomic mass is 19.4. The topological polar surface area (TPSA) is 80.6 Å². The molecule has 0 amide bonds. The van der Waals surface area contributed by atoms with Crippen molar-refractivity contribution < 1.29 is 18.0 Å². The SMILES string of the molecule is CC(=O)Cc1nn(C(C)c2ccc(C(F)(F)F)cc2)c2nc(C)[nH]c(=O)c12. The van der Waals surface area contributed by atoms with E-state index in [9.17, 15) is 22.8 Å². The van der Waals surface area contributed by atoms with Crippen molar-refractivity contribution in [1.29, 1.82) is 0 Å². The number of hydrogen-bond acceptors (Lipinski definition) is 4. The zero-order valence-electron chi connectivity index (χ0n) is 14.9. The third kappa shape index (κ3) is 3.62. The summed E-state index contributed by atoms with van der Waals surface area (Å²) in [5.41, 5.74) is 0.0116. The normalized spacial score (nSPS) is 13.1. The van der Waals surface area contributed by atoms with Crippen molar-refractivity contribution in [2.45, 2.75) is 39.4 Å². The second kappa shape index (κ2) is 6.64. The van der Waals surface area contributed by atoms with Crippen molar-refractivity contribution in [3.8, 4) is 0 Å². The maximum atomic E-state index is 12.8. The second-order valence-electron chi connectivity index (χ2n) is 6.42. The van der Waals surface area contributed by atoms with Gasteiger partial charge in [0.05, 0.1) is 23.7 Å². The number of nitrogens with one attached hydrogen (secondary N) is 1. The summed E-state index contributed by atoms with van der Waals surface area (Å²) in [6.45, 7) is 4.75. The van der Waals surface area contributed by atoms with Crippen LogP contribution < -0.4 is 5.56 Å². The molecule has 1 aromatic carbocycles. The number of H-pyrrole nitrogens is 1. The van der Waals surface area contributed by atoms with Crippen LogP contribution in [0.15, 0.2) is 29.1 Å². The Morgan fingerprint density at radius 1 is 1.26 bits per heavy atom. The smallest absolute Gasteiger partial charge is 0.310 e. The van der Waals surface area contributed by atoms with Crippen LogP contribution in [0.1, 0.15) is 42.5 Å². The summed E-state index contributed by atoms with van der Waals surface area (Å²) in [4.78, 5) is 30.8. The van der Waals surface area contributed by atoms with E-state index in [-0.39, 0.29) is 17.6 Å². The number of rotatable bonds is 4. The van der Waals surface area contributed by atoms with Crippen LogP contribution in [0.5, 0.6) is 0 Å². The molecule has 0 bridgehead atoms. The lowest BCUT2D eigenvalue weighted by molar-refractivity contribution is -0.137. The van der Waals surface area contributed by atoms with Gasteiger partial charge < -0.3 is 4.98 Å². The number of hydrogen-bond donors (Lipinski definition) is 1. The Balaban J connectivity index is 2.13. The number of ketones is 1. The van der Waals surface area contributed by atoms with E-state index in [1.54, 1.807) is 13.8 Å². The summed E-state index contributed by atoms with van der Waals surface area (Å²) in [7, 11) is 0. The summed E-state index contributed by atoms with van der Waals surface area (Å²) < 4.78 is 39.8. The molecule has 1 N–H and O–H groups in total. The number of aromatic amines is 1. The molecule has 0 spiro atoms. The van der Waals surface area contributed by atoms with Crippen LogP contribution in [0.4, 0.5) is 13.2 Å². The molecule has 0 saturated heterocycles. The number of aryl methyl sites for hydroxylation is 1. The van der Waals surface area contributed by atoms with E-state index < -0.39 is 23.3 Å². The Labute approximate surface area is 152 Å². The van der Waals surface area contributed by atoms with Crippen molar-refractivity contribution in [1.82, 2.24) is 19.7 Å². The average molecular weight is 378 g/mol. The van der Waals surface area contributed by atoms with Crippen LogP contribution in [0, 0.1) is 6.92 Å². The fraction of sp³-hybridized carbons (Fsp3) is 0.333. The predicted molar refractivity (Wildman–Crippen MR) is 92.5 cm³/mol. The maximum Gasteiger partial charge on any atom is 0.416 e. The molecule has 2 aromatic heterocycles. The van der Waals surface area contributed by atoms with Crippen LogP contribution in [-0.2, 0) is 17.4 Å². The first-order valence-electron chi connectivity index (χ1n) is 8.22. The van der Waals surface area contributed by atoms with E-state index in [0.717, 1.165) is 12.1 Å². The quantitative estimate of drug-likeness (QED) is 0.756. The summed E-state index contributed by atoms with van der Waals surface area (Å²) in [5.74, 6) is 0.214. The largest absolute Gasteiger partial charge is 0.416 e. The molecule has 0 saturated carbocycles.